The summed E-state index contributed by atoms with van der Waals surface area (Å²) in [4.78, 5) is 11.6. The van der Waals surface area contributed by atoms with Crippen LogP contribution in [-0.2, 0) is 13.0 Å². The number of aliphatic hydroxyl groups excluding tert-OH is 1. The molecule has 0 bridgehead atoms. The Bertz CT molecular complexity index is 516. The summed E-state index contributed by atoms with van der Waals surface area (Å²) in [7, 11) is 0. The Hall–Kier alpha value is -1.88. The van der Waals surface area contributed by atoms with E-state index in [2.05, 4.69) is 10.2 Å². The molecule has 0 unspecified atom stereocenters. The van der Waals surface area contributed by atoms with Gasteiger partial charge in [-0.2, -0.15) is 5.10 Å². The molecule has 1 heterocycles. The van der Waals surface area contributed by atoms with Crippen molar-refractivity contribution in [2.75, 3.05) is 6.61 Å². The van der Waals surface area contributed by atoms with Crippen LogP contribution in [0.5, 0.6) is 0 Å². The fourth-order valence-corrected chi connectivity index (χ4v) is 1.71. The molecule has 0 saturated carbocycles. The Morgan fingerprint density at radius 3 is 2.76 bits per heavy atom. The second-order valence-corrected chi connectivity index (χ2v) is 3.84. The van der Waals surface area contributed by atoms with E-state index < -0.39 is 0 Å². The van der Waals surface area contributed by atoms with Gasteiger partial charge in [0.2, 0.25) is 0 Å². The van der Waals surface area contributed by atoms with Crippen LogP contribution in [0.4, 0.5) is 0 Å². The largest absolute Gasteiger partial charge is 0.396 e. The summed E-state index contributed by atoms with van der Waals surface area (Å²) in [6.45, 7) is 0.614. The fourth-order valence-electron chi connectivity index (χ4n) is 1.71. The number of rotatable bonds is 5. The average molecular weight is 233 g/mol. The molecule has 2 aromatic rings. The highest BCUT2D eigenvalue weighted by atomic mass is 16.3. The SMILES string of the molecule is O=c1[nH]nc(CCCO)n1Cc1ccccc1. The van der Waals surface area contributed by atoms with Gasteiger partial charge in [-0.3, -0.25) is 4.57 Å². The maximum Gasteiger partial charge on any atom is 0.343 e. The monoisotopic (exact) mass is 233 g/mol. The molecule has 0 aliphatic rings. The van der Waals surface area contributed by atoms with Crippen molar-refractivity contribution >= 4 is 0 Å². The summed E-state index contributed by atoms with van der Waals surface area (Å²) in [6, 6.07) is 9.75. The molecule has 1 aromatic heterocycles. The highest BCUT2D eigenvalue weighted by Gasteiger charge is 2.07. The average Bonchev–Trinajstić information content (AvgIpc) is 2.70. The molecule has 0 aliphatic carbocycles. The van der Waals surface area contributed by atoms with Crippen molar-refractivity contribution in [1.29, 1.82) is 0 Å². The quantitative estimate of drug-likeness (QED) is 0.792. The standard InChI is InChI=1S/C12H15N3O2/c16-8-4-7-11-13-14-12(17)15(11)9-10-5-2-1-3-6-10/h1-3,5-6,16H,4,7-9H2,(H,14,17). The molecular formula is C12H15N3O2. The van der Waals surface area contributed by atoms with Crippen LogP contribution in [0.1, 0.15) is 17.8 Å². The number of hydrogen-bond donors (Lipinski definition) is 2. The summed E-state index contributed by atoms with van der Waals surface area (Å²) in [5.41, 5.74) is 0.850. The summed E-state index contributed by atoms with van der Waals surface area (Å²) < 4.78 is 1.60. The number of aryl methyl sites for hydroxylation is 1. The molecule has 0 radical (unpaired) electrons. The van der Waals surface area contributed by atoms with E-state index in [0.717, 1.165) is 5.56 Å². The highest BCUT2D eigenvalue weighted by Crippen LogP contribution is 2.03. The van der Waals surface area contributed by atoms with Crippen LogP contribution in [0.3, 0.4) is 0 Å². The van der Waals surface area contributed by atoms with E-state index in [4.69, 9.17) is 5.11 Å². The number of aromatic nitrogens is 3. The molecule has 1 aromatic carbocycles. The van der Waals surface area contributed by atoms with Gasteiger partial charge in [-0.05, 0) is 12.0 Å². The number of H-pyrrole nitrogens is 1. The van der Waals surface area contributed by atoms with Crippen molar-refractivity contribution in [3.63, 3.8) is 0 Å². The summed E-state index contributed by atoms with van der Waals surface area (Å²) >= 11 is 0. The zero-order chi connectivity index (χ0) is 12.1. The minimum absolute atomic E-state index is 0.104. The molecule has 2 N–H and O–H groups in total. The van der Waals surface area contributed by atoms with Crippen LogP contribution in [-0.4, -0.2) is 26.5 Å². The molecule has 0 aliphatic heterocycles. The van der Waals surface area contributed by atoms with Gasteiger partial charge in [0, 0.05) is 13.0 Å². The van der Waals surface area contributed by atoms with Crippen molar-refractivity contribution in [2.45, 2.75) is 19.4 Å². The smallest absolute Gasteiger partial charge is 0.343 e. The molecule has 0 spiro atoms. The maximum atomic E-state index is 11.6. The van der Waals surface area contributed by atoms with Gasteiger partial charge in [0.25, 0.3) is 0 Å². The predicted molar refractivity (Wildman–Crippen MR) is 63.8 cm³/mol. The van der Waals surface area contributed by atoms with Crippen molar-refractivity contribution < 1.29 is 5.11 Å². The fraction of sp³-hybridized carbons (Fsp3) is 0.333. The Morgan fingerprint density at radius 1 is 1.29 bits per heavy atom. The maximum absolute atomic E-state index is 11.6. The normalized spacial score (nSPS) is 10.6. The van der Waals surface area contributed by atoms with Gasteiger partial charge in [0.05, 0.1) is 6.54 Å². The third kappa shape index (κ3) is 2.82. The third-order valence-electron chi connectivity index (χ3n) is 2.58. The molecule has 2 rings (SSSR count). The molecule has 17 heavy (non-hydrogen) atoms. The second kappa shape index (κ2) is 5.45. The van der Waals surface area contributed by atoms with E-state index in [1.165, 1.54) is 0 Å². The first-order valence-corrected chi connectivity index (χ1v) is 5.60. The number of nitrogens with zero attached hydrogens (tertiary/aromatic N) is 2. The van der Waals surface area contributed by atoms with E-state index in [1.54, 1.807) is 4.57 Å². The van der Waals surface area contributed by atoms with Crippen LogP contribution in [0.15, 0.2) is 35.1 Å². The Kier molecular flexibility index (Phi) is 3.72. The van der Waals surface area contributed by atoms with Gasteiger partial charge in [0.15, 0.2) is 0 Å². The lowest BCUT2D eigenvalue weighted by molar-refractivity contribution is 0.287. The molecule has 5 heteroatoms. The highest BCUT2D eigenvalue weighted by molar-refractivity contribution is 5.15. The van der Waals surface area contributed by atoms with Gasteiger partial charge < -0.3 is 5.11 Å². The van der Waals surface area contributed by atoms with E-state index in [-0.39, 0.29) is 12.3 Å². The molecule has 0 fully saturated rings. The second-order valence-electron chi connectivity index (χ2n) is 3.84. The first kappa shape index (κ1) is 11.6. The van der Waals surface area contributed by atoms with E-state index in [9.17, 15) is 4.79 Å². The van der Waals surface area contributed by atoms with E-state index >= 15 is 0 Å². The Balaban J connectivity index is 2.20. The van der Waals surface area contributed by atoms with Crippen molar-refractivity contribution in [3.05, 3.63) is 52.2 Å². The van der Waals surface area contributed by atoms with E-state index in [1.807, 2.05) is 30.3 Å². The van der Waals surface area contributed by atoms with Crippen molar-refractivity contribution in [3.8, 4) is 0 Å². The van der Waals surface area contributed by atoms with Crippen LogP contribution in [0.25, 0.3) is 0 Å². The lowest BCUT2D eigenvalue weighted by Gasteiger charge is -2.05. The predicted octanol–water partition coefficient (Wildman–Crippen LogP) is 0.545. The number of aromatic amines is 1. The number of aliphatic hydroxyl groups is 1. The van der Waals surface area contributed by atoms with Crippen molar-refractivity contribution in [2.24, 2.45) is 0 Å². The lowest BCUT2D eigenvalue weighted by atomic mass is 10.2. The zero-order valence-electron chi connectivity index (χ0n) is 9.47. The number of nitrogens with one attached hydrogen (secondary N) is 1. The topological polar surface area (TPSA) is 70.9 Å². The number of hydrogen-bond acceptors (Lipinski definition) is 3. The van der Waals surface area contributed by atoms with Crippen LogP contribution in [0.2, 0.25) is 0 Å². The molecule has 5 nitrogen and oxygen atoms in total. The zero-order valence-corrected chi connectivity index (χ0v) is 9.47. The molecule has 0 atom stereocenters. The molecule has 0 saturated heterocycles. The minimum atomic E-state index is -0.207. The summed E-state index contributed by atoms with van der Waals surface area (Å²) in [5.74, 6) is 0.688. The van der Waals surface area contributed by atoms with Gasteiger partial charge in [0.1, 0.15) is 5.82 Å². The minimum Gasteiger partial charge on any atom is -0.396 e. The van der Waals surface area contributed by atoms with Gasteiger partial charge in [-0.25, -0.2) is 9.89 Å². The van der Waals surface area contributed by atoms with Gasteiger partial charge >= 0.3 is 5.69 Å². The first-order chi connectivity index (χ1) is 8.31. The summed E-state index contributed by atoms with van der Waals surface area (Å²) in [6.07, 6.45) is 1.21. The van der Waals surface area contributed by atoms with Crippen LogP contribution in [0, 0.1) is 0 Å². The Labute approximate surface area is 98.7 Å². The third-order valence-corrected chi connectivity index (χ3v) is 2.58. The molecule has 90 valence electrons. The number of benzene rings is 1. The first-order valence-electron chi connectivity index (χ1n) is 5.60. The van der Waals surface area contributed by atoms with Crippen LogP contribution < -0.4 is 5.69 Å². The van der Waals surface area contributed by atoms with Gasteiger partial charge in [-0.15, -0.1) is 0 Å². The van der Waals surface area contributed by atoms with E-state index in [0.29, 0.717) is 25.2 Å². The Morgan fingerprint density at radius 2 is 2.06 bits per heavy atom. The van der Waals surface area contributed by atoms with Gasteiger partial charge in [-0.1, -0.05) is 30.3 Å². The molecular weight excluding hydrogens is 218 g/mol. The molecule has 0 amide bonds. The summed E-state index contributed by atoms with van der Waals surface area (Å²) in [5, 5.41) is 15.2. The van der Waals surface area contributed by atoms with Crippen LogP contribution >= 0.6 is 0 Å². The van der Waals surface area contributed by atoms with Crippen molar-refractivity contribution in [1.82, 2.24) is 14.8 Å². The lowest BCUT2D eigenvalue weighted by Crippen LogP contribution is -2.19.